The fourth-order valence-corrected chi connectivity index (χ4v) is 7.66. The average molecular weight is 601 g/mol. The minimum absolute atomic E-state index is 0.0911. The van der Waals surface area contributed by atoms with Crippen LogP contribution >= 0.6 is 11.6 Å². The first-order chi connectivity index (χ1) is 19.7. The summed E-state index contributed by atoms with van der Waals surface area (Å²) in [5.41, 5.74) is 2.16. The minimum atomic E-state index is -3.95. The molecule has 0 aromatic heterocycles. The number of aryl methyl sites for hydroxylation is 1. The van der Waals surface area contributed by atoms with Gasteiger partial charge in [0.15, 0.2) is 0 Å². The molecule has 8 nitrogen and oxygen atoms in total. The molecule has 0 spiro atoms. The van der Waals surface area contributed by atoms with E-state index in [9.17, 15) is 18.3 Å². The largest absolute Gasteiger partial charge is 0.487 e. The maximum Gasteiger partial charge on any atom is 0.264 e. The van der Waals surface area contributed by atoms with Crippen molar-refractivity contribution in [1.82, 2.24) is 4.72 Å². The van der Waals surface area contributed by atoms with Gasteiger partial charge in [0.05, 0.1) is 29.8 Å². The minimum Gasteiger partial charge on any atom is -0.487 e. The van der Waals surface area contributed by atoms with Crippen LogP contribution in [0.3, 0.4) is 0 Å². The van der Waals surface area contributed by atoms with Crippen LogP contribution in [0, 0.1) is 11.8 Å². The molecular weight excluding hydrogens is 564 g/mol. The molecule has 2 aromatic carbocycles. The van der Waals surface area contributed by atoms with Crippen molar-refractivity contribution in [2.45, 2.75) is 63.3 Å². The van der Waals surface area contributed by atoms with E-state index in [1.807, 2.05) is 18.2 Å². The average Bonchev–Trinajstić information content (AvgIpc) is 2.93. The number of benzene rings is 2. The quantitative estimate of drug-likeness (QED) is 0.425. The summed E-state index contributed by atoms with van der Waals surface area (Å²) in [5.74, 6) is 0.227. The molecule has 1 saturated carbocycles. The zero-order valence-electron chi connectivity index (χ0n) is 23.1. The van der Waals surface area contributed by atoms with Crippen molar-refractivity contribution in [3.8, 4) is 5.75 Å². The molecule has 3 heterocycles. The zero-order chi connectivity index (χ0) is 28.6. The number of aliphatic hydroxyl groups is 1. The summed E-state index contributed by atoms with van der Waals surface area (Å²) >= 11 is 6.30. The highest BCUT2D eigenvalue weighted by Crippen LogP contribution is 2.44. The number of carbonyl (C=O) groups is 1. The summed E-state index contributed by atoms with van der Waals surface area (Å²) in [6.45, 7) is 2.31. The lowest BCUT2D eigenvalue weighted by Gasteiger charge is -2.48. The predicted molar refractivity (Wildman–Crippen MR) is 158 cm³/mol. The van der Waals surface area contributed by atoms with Crippen molar-refractivity contribution in [3.63, 3.8) is 0 Å². The fourth-order valence-electron chi connectivity index (χ4n) is 6.63. The van der Waals surface area contributed by atoms with Crippen molar-refractivity contribution < 1.29 is 27.8 Å². The van der Waals surface area contributed by atoms with E-state index in [-0.39, 0.29) is 11.7 Å². The van der Waals surface area contributed by atoms with Crippen molar-refractivity contribution in [1.29, 1.82) is 0 Å². The van der Waals surface area contributed by atoms with Gasteiger partial charge in [-0.1, -0.05) is 29.8 Å². The number of nitrogens with zero attached hydrogens (tertiary/aromatic N) is 1. The van der Waals surface area contributed by atoms with Crippen LogP contribution in [0.1, 0.15) is 60.0 Å². The number of ether oxygens (including phenoxy) is 2. The number of anilines is 1. The Morgan fingerprint density at radius 2 is 1.98 bits per heavy atom. The summed E-state index contributed by atoms with van der Waals surface area (Å²) in [5, 5.41) is 12.0. The number of rotatable bonds is 0. The molecule has 0 unspecified atom stereocenters. The molecule has 2 aromatic rings. The van der Waals surface area contributed by atoms with Crippen LogP contribution in [-0.2, 0) is 27.8 Å². The highest BCUT2D eigenvalue weighted by Gasteiger charge is 2.44. The lowest BCUT2D eigenvalue weighted by atomic mass is 9.67. The molecule has 2 N–H and O–H groups in total. The van der Waals surface area contributed by atoms with Crippen LogP contribution in [0.5, 0.6) is 5.75 Å². The number of nitrogens with one attached hydrogen (secondary N) is 1. The predicted octanol–water partition coefficient (Wildman–Crippen LogP) is 4.63. The van der Waals surface area contributed by atoms with E-state index in [2.05, 4.69) is 9.62 Å². The molecule has 41 heavy (non-hydrogen) atoms. The lowest BCUT2D eigenvalue weighted by molar-refractivity contribution is -0.125. The molecule has 10 heteroatoms. The van der Waals surface area contributed by atoms with Crippen LogP contribution in [0.15, 0.2) is 48.6 Å². The van der Waals surface area contributed by atoms with Gasteiger partial charge in [0.2, 0.25) is 10.0 Å². The molecular formula is C31H37ClN2O6S. The Kier molecular flexibility index (Phi) is 8.06. The third-order valence-electron chi connectivity index (χ3n) is 9.06. The van der Waals surface area contributed by atoms with Gasteiger partial charge in [-0.05, 0) is 85.4 Å². The smallest absolute Gasteiger partial charge is 0.264 e. The van der Waals surface area contributed by atoms with Crippen LogP contribution in [0.25, 0.3) is 0 Å². The molecule has 220 valence electrons. The van der Waals surface area contributed by atoms with E-state index in [4.69, 9.17) is 21.1 Å². The lowest BCUT2D eigenvalue weighted by Crippen LogP contribution is -2.50. The molecule has 6 rings (SSSR count). The van der Waals surface area contributed by atoms with Gasteiger partial charge in [-0.2, -0.15) is 0 Å². The second-order valence-corrected chi connectivity index (χ2v) is 14.1. The normalized spacial score (nSPS) is 30.7. The standard InChI is InChI=1S/C31H37ClN2O6S/c32-25-8-5-24-20-40-28-10-7-22-17-27(28)34(13-2-1-4-21(24)16-25)19-23-6-9-26(23)29-18-31(36,12-14-39-29)11-3-15-41(37,38)33-30(22)35/h3,5,7-8,10-11,16-17,23,26,29,36H,1-2,4,6,9,12-15,18-20H2,(H,33,35)/b11-3+/t23-,26+,29+,31-/m0/s1. The van der Waals surface area contributed by atoms with E-state index in [0.717, 1.165) is 56.4 Å². The number of carbonyl (C=O) groups excluding carboxylic acids is 1. The van der Waals surface area contributed by atoms with Gasteiger partial charge in [0.25, 0.3) is 5.91 Å². The molecule has 1 amide bonds. The van der Waals surface area contributed by atoms with Gasteiger partial charge in [0, 0.05) is 36.5 Å². The van der Waals surface area contributed by atoms with Crippen LogP contribution < -0.4 is 14.4 Å². The van der Waals surface area contributed by atoms with E-state index in [1.165, 1.54) is 11.6 Å². The molecule has 2 fully saturated rings. The van der Waals surface area contributed by atoms with Gasteiger partial charge in [-0.3, -0.25) is 4.79 Å². The second-order valence-electron chi connectivity index (χ2n) is 11.9. The van der Waals surface area contributed by atoms with Crippen molar-refractivity contribution in [2.24, 2.45) is 11.8 Å². The summed E-state index contributed by atoms with van der Waals surface area (Å²) in [6, 6.07) is 11.0. The Bertz CT molecular complexity index is 1450. The summed E-state index contributed by atoms with van der Waals surface area (Å²) in [4.78, 5) is 15.4. The third-order valence-corrected chi connectivity index (χ3v) is 10.4. The highest BCUT2D eigenvalue weighted by molar-refractivity contribution is 7.90. The summed E-state index contributed by atoms with van der Waals surface area (Å²) in [7, 11) is -3.95. The van der Waals surface area contributed by atoms with Gasteiger partial charge in [-0.15, -0.1) is 0 Å². The number of sulfonamides is 1. The number of hydrogen-bond acceptors (Lipinski definition) is 7. The van der Waals surface area contributed by atoms with Crippen molar-refractivity contribution in [3.05, 3.63) is 70.3 Å². The van der Waals surface area contributed by atoms with Crippen molar-refractivity contribution >= 4 is 33.2 Å². The van der Waals surface area contributed by atoms with E-state index >= 15 is 0 Å². The van der Waals surface area contributed by atoms with E-state index in [0.29, 0.717) is 48.7 Å². The molecule has 0 radical (unpaired) electrons. The molecule has 4 aliphatic rings. The first-order valence-corrected chi connectivity index (χ1v) is 16.6. The number of hydrogen-bond donors (Lipinski definition) is 2. The maximum atomic E-state index is 13.1. The van der Waals surface area contributed by atoms with Crippen LogP contribution in [-0.4, -0.2) is 56.6 Å². The molecule has 1 saturated heterocycles. The first-order valence-electron chi connectivity index (χ1n) is 14.5. The molecule has 4 bridgehead atoms. The van der Waals surface area contributed by atoms with Crippen LogP contribution in [0.4, 0.5) is 5.69 Å². The Balaban J connectivity index is 1.38. The van der Waals surface area contributed by atoms with Gasteiger partial charge in [0.1, 0.15) is 12.4 Å². The van der Waals surface area contributed by atoms with Gasteiger partial charge in [-0.25, -0.2) is 13.1 Å². The Morgan fingerprint density at radius 1 is 1.10 bits per heavy atom. The van der Waals surface area contributed by atoms with Crippen LogP contribution in [0.2, 0.25) is 5.02 Å². The number of amides is 1. The Labute approximate surface area is 246 Å². The summed E-state index contributed by atoms with van der Waals surface area (Å²) < 4.78 is 40.3. The Morgan fingerprint density at radius 3 is 2.80 bits per heavy atom. The second kappa shape index (κ2) is 11.6. The summed E-state index contributed by atoms with van der Waals surface area (Å²) in [6.07, 6.45) is 8.65. The monoisotopic (exact) mass is 600 g/mol. The van der Waals surface area contributed by atoms with E-state index in [1.54, 1.807) is 24.3 Å². The SMILES string of the molecule is O=C1NS(=O)(=O)C/C=C/[C@]2(O)CCO[C@H](C2)[C@@H]2CC[C@H]2CN2CCCCc3cc(Cl)ccc3COc3ccc1cc32. The molecule has 1 aliphatic carbocycles. The van der Waals surface area contributed by atoms with Gasteiger partial charge >= 0.3 is 0 Å². The number of fused-ring (bicyclic) bond motifs is 6. The molecule has 3 aliphatic heterocycles. The maximum absolute atomic E-state index is 13.1. The number of halogens is 1. The van der Waals surface area contributed by atoms with E-state index < -0.39 is 27.3 Å². The first kappa shape index (κ1) is 28.5. The van der Waals surface area contributed by atoms with Gasteiger partial charge < -0.3 is 19.5 Å². The molecule has 4 atom stereocenters. The third kappa shape index (κ3) is 6.43. The zero-order valence-corrected chi connectivity index (χ0v) is 24.6. The fraction of sp³-hybridized carbons (Fsp3) is 0.516. The highest BCUT2D eigenvalue weighted by atomic mass is 35.5. The van der Waals surface area contributed by atoms with Crippen molar-refractivity contribution in [2.75, 3.05) is 30.3 Å². The topological polar surface area (TPSA) is 105 Å². The Hall–Kier alpha value is -2.59.